The third-order valence-electron chi connectivity index (χ3n) is 11.8. The second-order valence-corrected chi connectivity index (χ2v) is 16.5. The van der Waals surface area contributed by atoms with E-state index in [1.165, 1.54) is 12.1 Å². The van der Waals surface area contributed by atoms with E-state index in [0.717, 1.165) is 35.1 Å². The van der Waals surface area contributed by atoms with E-state index in [4.69, 9.17) is 28.9 Å². The van der Waals surface area contributed by atoms with Crippen molar-refractivity contribution in [3.63, 3.8) is 0 Å². The summed E-state index contributed by atoms with van der Waals surface area (Å²) in [6, 6.07) is 47.8. The maximum Gasteiger partial charge on any atom is 0.310 e. The van der Waals surface area contributed by atoms with Gasteiger partial charge in [0.15, 0.2) is 34.9 Å². The molecule has 0 spiro atoms. The first-order chi connectivity index (χ1) is 33.8. The number of esters is 2. The molecule has 0 aliphatic heterocycles. The number of carbonyl (C=O) groups excluding carboxylic acids is 2. The Labute approximate surface area is 398 Å². The summed E-state index contributed by atoms with van der Waals surface area (Å²) >= 11 is 0. The van der Waals surface area contributed by atoms with Crippen molar-refractivity contribution in [2.24, 2.45) is 17.8 Å². The number of nitrogens with zero attached hydrogens (tertiary/aromatic N) is 6. The second-order valence-electron chi connectivity index (χ2n) is 16.5. The number of hydrogen-bond donors (Lipinski definition) is 2. The highest BCUT2D eigenvalue weighted by Crippen LogP contribution is 2.38. The van der Waals surface area contributed by atoms with Crippen molar-refractivity contribution in [3.05, 3.63) is 158 Å². The van der Waals surface area contributed by atoms with E-state index in [1.807, 2.05) is 128 Å². The molecule has 3 unspecified atom stereocenters. The van der Waals surface area contributed by atoms with E-state index in [2.05, 4.69) is 19.9 Å². The quantitative estimate of drug-likeness (QED) is 0.0688. The van der Waals surface area contributed by atoms with Crippen LogP contribution in [0.2, 0.25) is 0 Å². The van der Waals surface area contributed by atoms with Gasteiger partial charge < -0.3 is 29.2 Å². The van der Waals surface area contributed by atoms with Gasteiger partial charge in [-0.3, -0.25) is 9.59 Å². The van der Waals surface area contributed by atoms with Gasteiger partial charge in [-0.15, -0.1) is 0 Å². The average molecular weight is 921 g/mol. The number of phenols is 2. The lowest BCUT2D eigenvalue weighted by Crippen LogP contribution is -2.40. The normalized spacial score (nSPS) is 15.5. The predicted molar refractivity (Wildman–Crippen MR) is 259 cm³/mol. The number of phenolic OH excluding ortho intramolecular Hbond substituents is 2. The van der Waals surface area contributed by atoms with Gasteiger partial charge in [0.05, 0.1) is 23.0 Å². The van der Waals surface area contributed by atoms with Gasteiger partial charge in [-0.1, -0.05) is 135 Å². The minimum atomic E-state index is -0.692. The number of benzene rings is 6. The molecule has 69 heavy (non-hydrogen) atoms. The van der Waals surface area contributed by atoms with Crippen LogP contribution in [0.1, 0.15) is 26.2 Å². The molecule has 0 bridgehead atoms. The summed E-state index contributed by atoms with van der Waals surface area (Å²) in [4.78, 5) is 55.1. The van der Waals surface area contributed by atoms with E-state index in [-0.39, 0.29) is 43.8 Å². The van der Waals surface area contributed by atoms with Crippen molar-refractivity contribution in [1.29, 1.82) is 0 Å². The molecule has 0 radical (unpaired) electrons. The summed E-state index contributed by atoms with van der Waals surface area (Å²) in [6.45, 7) is 1.81. The van der Waals surface area contributed by atoms with E-state index in [0.29, 0.717) is 64.0 Å². The first-order valence-corrected chi connectivity index (χ1v) is 22.8. The molecule has 8 aromatic rings. The van der Waals surface area contributed by atoms with E-state index >= 15 is 0 Å². The Morgan fingerprint density at radius 1 is 0.464 bits per heavy atom. The van der Waals surface area contributed by atoms with Crippen molar-refractivity contribution in [3.8, 4) is 91.3 Å². The molecule has 14 heteroatoms. The summed E-state index contributed by atoms with van der Waals surface area (Å²) < 4.78 is 23.0. The molecule has 6 aromatic carbocycles. The van der Waals surface area contributed by atoms with Gasteiger partial charge in [-0.25, -0.2) is 29.9 Å². The van der Waals surface area contributed by atoms with Gasteiger partial charge in [0.1, 0.15) is 49.4 Å². The minimum absolute atomic E-state index is 0.00963. The molecule has 1 saturated carbocycles. The fourth-order valence-electron chi connectivity index (χ4n) is 8.32. The Morgan fingerprint density at radius 3 is 1.20 bits per heavy atom. The Kier molecular flexibility index (Phi) is 14.2. The largest absolute Gasteiger partial charge is 0.507 e. The van der Waals surface area contributed by atoms with Crippen LogP contribution >= 0.6 is 0 Å². The van der Waals surface area contributed by atoms with Crippen LogP contribution in [0, 0.1) is 17.8 Å². The van der Waals surface area contributed by atoms with Crippen LogP contribution in [0.15, 0.2) is 158 Å². The zero-order valence-corrected chi connectivity index (χ0v) is 37.7. The van der Waals surface area contributed by atoms with Crippen molar-refractivity contribution < 1.29 is 38.7 Å². The zero-order chi connectivity index (χ0) is 47.5. The lowest BCUT2D eigenvalue weighted by molar-refractivity contribution is -0.166. The fraction of sp³-hybridized carbons (Fsp3) is 0.200. The first-order valence-electron chi connectivity index (χ1n) is 22.8. The maximum atomic E-state index is 13.5. The van der Waals surface area contributed by atoms with Crippen molar-refractivity contribution in [2.75, 3.05) is 26.4 Å². The molecule has 1 aliphatic carbocycles. The SMILES string of the molecule is CC1CCCC(C(=O)OCCOc2ccc(-c3nc(-c4ccccc4)nc(-c4ccccc4)n3)c(O)c2)C1C(=O)OCCOc1ccc(-c2nc(-c3ccccc3)nc(-c3ccccc3)n2)c(O)c1. The molecule has 1 fully saturated rings. The van der Waals surface area contributed by atoms with Gasteiger partial charge >= 0.3 is 11.9 Å². The molecular weight excluding hydrogens is 873 g/mol. The van der Waals surface area contributed by atoms with E-state index in [9.17, 15) is 19.8 Å². The van der Waals surface area contributed by atoms with Crippen LogP contribution in [-0.2, 0) is 19.1 Å². The van der Waals surface area contributed by atoms with Gasteiger partial charge in [0.25, 0.3) is 0 Å². The maximum absolute atomic E-state index is 13.5. The minimum Gasteiger partial charge on any atom is -0.507 e. The molecule has 2 aromatic heterocycles. The van der Waals surface area contributed by atoms with Crippen molar-refractivity contribution in [1.82, 2.24) is 29.9 Å². The third kappa shape index (κ3) is 11.0. The molecule has 14 nitrogen and oxygen atoms in total. The first kappa shape index (κ1) is 45.6. The van der Waals surface area contributed by atoms with E-state index < -0.39 is 23.8 Å². The summed E-state index contributed by atoms with van der Waals surface area (Å²) in [7, 11) is 0. The average Bonchev–Trinajstić information content (AvgIpc) is 3.39. The van der Waals surface area contributed by atoms with Crippen LogP contribution < -0.4 is 9.47 Å². The summed E-state index contributed by atoms with van der Waals surface area (Å²) in [6.07, 6.45) is 2.01. The molecule has 1 aliphatic rings. The Balaban J connectivity index is 0.777. The monoisotopic (exact) mass is 920 g/mol. The highest BCUT2D eigenvalue weighted by atomic mass is 16.6. The Bertz CT molecular complexity index is 2920. The van der Waals surface area contributed by atoms with Gasteiger partial charge in [-0.2, -0.15) is 0 Å². The number of hydrogen-bond acceptors (Lipinski definition) is 14. The molecule has 0 amide bonds. The molecule has 0 saturated heterocycles. The van der Waals surface area contributed by atoms with Crippen molar-refractivity contribution in [2.45, 2.75) is 26.2 Å². The van der Waals surface area contributed by atoms with Crippen LogP contribution in [0.3, 0.4) is 0 Å². The molecule has 2 N–H and O–H groups in total. The summed E-state index contributed by atoms with van der Waals surface area (Å²) in [5.74, 6) is 0.478. The molecular formula is C55H48N6O8. The van der Waals surface area contributed by atoms with Crippen LogP contribution in [0.4, 0.5) is 0 Å². The van der Waals surface area contributed by atoms with Crippen LogP contribution in [0.5, 0.6) is 23.0 Å². The van der Waals surface area contributed by atoms with Gasteiger partial charge in [-0.05, 0) is 43.0 Å². The fourth-order valence-corrected chi connectivity index (χ4v) is 8.32. The smallest absolute Gasteiger partial charge is 0.310 e. The number of aromatic hydroxyl groups is 2. The molecule has 346 valence electrons. The molecule has 2 heterocycles. The highest BCUT2D eigenvalue weighted by Gasteiger charge is 2.42. The number of rotatable bonds is 16. The number of ether oxygens (including phenoxy) is 4. The highest BCUT2D eigenvalue weighted by molar-refractivity contribution is 5.82. The van der Waals surface area contributed by atoms with E-state index in [1.54, 1.807) is 24.3 Å². The van der Waals surface area contributed by atoms with Crippen molar-refractivity contribution >= 4 is 11.9 Å². The Hall–Kier alpha value is -8.52. The lowest BCUT2D eigenvalue weighted by atomic mass is 9.73. The number of carbonyl (C=O) groups is 2. The zero-order valence-electron chi connectivity index (χ0n) is 37.7. The molecule has 9 rings (SSSR count). The third-order valence-corrected chi connectivity index (χ3v) is 11.8. The van der Waals surface area contributed by atoms with Gasteiger partial charge in [0, 0.05) is 34.4 Å². The van der Waals surface area contributed by atoms with Crippen LogP contribution in [-0.4, -0.2) is 78.5 Å². The number of aromatic nitrogens is 6. The Morgan fingerprint density at radius 2 is 0.826 bits per heavy atom. The summed E-state index contributed by atoms with van der Waals surface area (Å²) in [5, 5.41) is 22.3. The lowest BCUT2D eigenvalue weighted by Gasteiger charge is -2.33. The molecule has 3 atom stereocenters. The second kappa shape index (κ2) is 21.4. The van der Waals surface area contributed by atoms with Gasteiger partial charge in [0.2, 0.25) is 0 Å². The summed E-state index contributed by atoms with van der Waals surface area (Å²) in [5.41, 5.74) is 4.00. The van der Waals surface area contributed by atoms with Crippen LogP contribution in [0.25, 0.3) is 68.3 Å². The predicted octanol–water partition coefficient (Wildman–Crippen LogP) is 10.1. The topological polar surface area (TPSA) is 189 Å². The standard InChI is InChI=1S/C55H48N6O8/c1-35-15-14-24-44(54(64)68-31-29-66-40-25-27-42(45(62)33-40)52-58-48(36-16-6-2-7-17-36)56-49(59-52)37-18-8-3-9-19-37)47(35)55(65)69-32-30-67-41-26-28-43(46(63)34-41)53-60-50(38-20-10-4-11-21-38)57-51(61-53)39-22-12-5-13-23-39/h2-13,16-23,25-28,33-35,44,47,62-63H,14-15,24,29-32H2,1H3.